The number of benzene rings is 1. The lowest BCUT2D eigenvalue weighted by Gasteiger charge is -2.56. The van der Waals surface area contributed by atoms with Crippen LogP contribution in [-0.4, -0.2) is 52.3 Å². The summed E-state index contributed by atoms with van der Waals surface area (Å²) in [5, 5.41) is 16.8. The first kappa shape index (κ1) is 25.2. The molecule has 8 nitrogen and oxygen atoms in total. The van der Waals surface area contributed by atoms with Crippen LogP contribution in [0.15, 0.2) is 30.5 Å². The average Bonchev–Trinajstić information content (AvgIpc) is 2.82. The number of pyridine rings is 1. The van der Waals surface area contributed by atoms with Crippen LogP contribution in [0.25, 0.3) is 0 Å². The number of carbonyl (C=O) groups is 2. The Morgan fingerprint density at radius 2 is 1.74 bits per heavy atom. The van der Waals surface area contributed by atoms with Crippen molar-refractivity contribution in [2.45, 2.75) is 63.1 Å². The van der Waals surface area contributed by atoms with Gasteiger partial charge >= 0.3 is 0 Å². The molecule has 35 heavy (non-hydrogen) atoms. The van der Waals surface area contributed by atoms with E-state index >= 15 is 0 Å². The summed E-state index contributed by atoms with van der Waals surface area (Å²) in [5.74, 6) is -0.586. The Morgan fingerprint density at radius 1 is 1.09 bits per heavy atom. The van der Waals surface area contributed by atoms with Crippen LogP contribution in [0.3, 0.4) is 0 Å². The van der Waals surface area contributed by atoms with Gasteiger partial charge in [0, 0.05) is 17.3 Å². The van der Waals surface area contributed by atoms with Crippen molar-refractivity contribution in [2.24, 2.45) is 0 Å². The average molecular weight is 506 g/mol. The number of aliphatic hydroxyl groups is 1. The number of hydrogen-bond acceptors (Lipinski definition) is 6. The van der Waals surface area contributed by atoms with Crippen molar-refractivity contribution < 1.29 is 28.6 Å². The Hall–Kier alpha value is -2.91. The van der Waals surface area contributed by atoms with Crippen molar-refractivity contribution in [3.8, 4) is 11.5 Å². The zero-order valence-corrected chi connectivity index (χ0v) is 20.5. The topological polar surface area (TPSA) is 110 Å². The van der Waals surface area contributed by atoms with Gasteiger partial charge < -0.3 is 25.2 Å². The first-order chi connectivity index (χ1) is 16.6. The van der Waals surface area contributed by atoms with E-state index in [1.165, 1.54) is 12.1 Å². The Kier molecular flexibility index (Phi) is 7.19. The third-order valence-electron chi connectivity index (χ3n) is 7.06. The van der Waals surface area contributed by atoms with Gasteiger partial charge in [-0.2, -0.15) is 0 Å². The smallest absolute Gasteiger partial charge is 0.258 e. The Bertz CT molecular complexity index is 1120. The highest BCUT2D eigenvalue weighted by molar-refractivity contribution is 6.30. The quantitative estimate of drug-likeness (QED) is 0.509. The molecule has 1 heterocycles. The Balaban J connectivity index is 1.28. The van der Waals surface area contributed by atoms with Gasteiger partial charge in [-0.15, -0.1) is 0 Å². The molecule has 0 aliphatic heterocycles. The number of aromatic nitrogens is 1. The first-order valence-electron chi connectivity index (χ1n) is 11.5. The predicted octanol–water partition coefficient (Wildman–Crippen LogP) is 3.00. The first-order valence-corrected chi connectivity index (χ1v) is 11.9. The summed E-state index contributed by atoms with van der Waals surface area (Å²) in [6.07, 6.45) is 3.33. The normalized spacial score (nSPS) is 25.1. The molecule has 3 fully saturated rings. The molecule has 10 heteroatoms. The maximum absolute atomic E-state index is 13.6. The molecule has 3 aliphatic carbocycles. The standard InChI is InChI=1S/C25H29ClFN3O5/c1-15-9-18(12-28-16(15)2)35-14-23(33)30-25-7-5-24(6-8-25,11-21(25)31)29-22(32)13-34-17-3-4-19(26)20(27)10-17/h3-4,9-10,12,21,31H,5-8,11,13-14H2,1-2H3,(H,29,32)(H,30,33)/t21-,24?,25?/m1/s1. The number of fused-ring (bicyclic) bond motifs is 3. The molecule has 3 N–H and O–H groups in total. The van der Waals surface area contributed by atoms with Crippen LogP contribution >= 0.6 is 11.6 Å². The highest BCUT2D eigenvalue weighted by atomic mass is 35.5. The molecular weight excluding hydrogens is 477 g/mol. The zero-order chi connectivity index (χ0) is 25.2. The van der Waals surface area contributed by atoms with Crippen LogP contribution in [0, 0.1) is 19.7 Å². The third-order valence-corrected chi connectivity index (χ3v) is 7.37. The van der Waals surface area contributed by atoms with Crippen LogP contribution in [0.5, 0.6) is 11.5 Å². The van der Waals surface area contributed by atoms with E-state index < -0.39 is 23.0 Å². The van der Waals surface area contributed by atoms with Gasteiger partial charge in [0.2, 0.25) is 0 Å². The lowest BCUT2D eigenvalue weighted by molar-refractivity contribution is -0.137. The molecule has 188 valence electrons. The van der Waals surface area contributed by atoms with Crippen LogP contribution in [0.4, 0.5) is 4.39 Å². The van der Waals surface area contributed by atoms with Gasteiger partial charge in [0.25, 0.3) is 11.8 Å². The second kappa shape index (κ2) is 9.99. The van der Waals surface area contributed by atoms with Gasteiger partial charge in [-0.3, -0.25) is 14.6 Å². The van der Waals surface area contributed by atoms with E-state index in [0.717, 1.165) is 17.3 Å². The van der Waals surface area contributed by atoms with Crippen LogP contribution in [0.1, 0.15) is 43.4 Å². The Labute approximate surface area is 208 Å². The fourth-order valence-electron chi connectivity index (χ4n) is 4.87. The van der Waals surface area contributed by atoms with E-state index in [1.807, 2.05) is 19.9 Å². The number of hydrogen-bond donors (Lipinski definition) is 3. The SMILES string of the molecule is Cc1cc(OCC(=O)NC23CCC(NC(=O)COc4ccc(Cl)c(F)c4)(CC2)C[C@H]3O)cnc1C. The lowest BCUT2D eigenvalue weighted by atomic mass is 9.60. The molecule has 3 aliphatic rings. The minimum absolute atomic E-state index is 0.0246. The molecule has 2 aromatic rings. The summed E-state index contributed by atoms with van der Waals surface area (Å²) < 4.78 is 24.5. The molecule has 0 spiro atoms. The maximum Gasteiger partial charge on any atom is 0.258 e. The molecule has 3 saturated carbocycles. The molecule has 0 saturated heterocycles. The summed E-state index contributed by atoms with van der Waals surface area (Å²) in [6.45, 7) is 3.35. The van der Waals surface area contributed by atoms with Crippen molar-refractivity contribution in [2.75, 3.05) is 13.2 Å². The van der Waals surface area contributed by atoms with Crippen LogP contribution < -0.4 is 20.1 Å². The number of nitrogens with zero attached hydrogens (tertiary/aromatic N) is 1. The summed E-state index contributed by atoms with van der Waals surface area (Å²) in [7, 11) is 0. The van der Waals surface area contributed by atoms with Gasteiger partial charge in [0.15, 0.2) is 13.2 Å². The molecule has 2 amide bonds. The van der Waals surface area contributed by atoms with E-state index in [1.54, 1.807) is 6.20 Å². The van der Waals surface area contributed by atoms with Gasteiger partial charge in [-0.25, -0.2) is 4.39 Å². The second-order valence-corrected chi connectivity index (χ2v) is 9.89. The number of aryl methyl sites for hydroxylation is 2. The van der Waals surface area contributed by atoms with E-state index in [0.29, 0.717) is 37.9 Å². The largest absolute Gasteiger partial charge is 0.484 e. The minimum Gasteiger partial charge on any atom is -0.484 e. The van der Waals surface area contributed by atoms with Crippen molar-refractivity contribution in [1.29, 1.82) is 0 Å². The number of carbonyl (C=O) groups excluding carboxylic acids is 2. The summed E-state index contributed by atoms with van der Waals surface area (Å²) in [5.41, 5.74) is 0.556. The van der Waals surface area contributed by atoms with E-state index in [-0.39, 0.29) is 35.8 Å². The Morgan fingerprint density at radius 3 is 2.37 bits per heavy atom. The van der Waals surface area contributed by atoms with Crippen molar-refractivity contribution in [1.82, 2.24) is 15.6 Å². The van der Waals surface area contributed by atoms with Crippen LogP contribution in [-0.2, 0) is 9.59 Å². The second-order valence-electron chi connectivity index (χ2n) is 9.48. The van der Waals surface area contributed by atoms with Crippen molar-refractivity contribution in [3.05, 3.63) is 52.6 Å². The molecule has 1 aromatic heterocycles. The molecule has 0 unspecified atom stereocenters. The highest BCUT2D eigenvalue weighted by Crippen LogP contribution is 2.47. The lowest BCUT2D eigenvalue weighted by Crippen LogP contribution is -2.70. The molecule has 1 atom stereocenters. The number of rotatable bonds is 8. The fourth-order valence-corrected chi connectivity index (χ4v) is 4.99. The molecule has 2 bridgehead atoms. The number of amides is 2. The number of ether oxygens (including phenoxy) is 2. The molecule has 1 aromatic carbocycles. The van der Waals surface area contributed by atoms with E-state index in [9.17, 15) is 19.1 Å². The summed E-state index contributed by atoms with van der Waals surface area (Å²) in [4.78, 5) is 29.3. The van der Waals surface area contributed by atoms with E-state index in [2.05, 4.69) is 15.6 Å². The van der Waals surface area contributed by atoms with Crippen molar-refractivity contribution >= 4 is 23.4 Å². The number of halogens is 2. The molecule has 0 radical (unpaired) electrons. The highest BCUT2D eigenvalue weighted by Gasteiger charge is 2.55. The maximum atomic E-state index is 13.6. The van der Waals surface area contributed by atoms with Gasteiger partial charge in [0.05, 0.1) is 22.9 Å². The third kappa shape index (κ3) is 5.67. The monoisotopic (exact) mass is 505 g/mol. The fraction of sp³-hybridized carbons (Fsp3) is 0.480. The van der Waals surface area contributed by atoms with E-state index in [4.69, 9.17) is 21.1 Å². The summed E-state index contributed by atoms with van der Waals surface area (Å²) in [6, 6.07) is 5.79. The molecular formula is C25H29ClFN3O5. The van der Waals surface area contributed by atoms with Gasteiger partial charge in [-0.1, -0.05) is 11.6 Å². The zero-order valence-electron chi connectivity index (χ0n) is 19.7. The molecule has 5 rings (SSSR count). The van der Waals surface area contributed by atoms with Crippen molar-refractivity contribution in [3.63, 3.8) is 0 Å². The number of aliphatic hydroxyl groups excluding tert-OH is 1. The summed E-state index contributed by atoms with van der Waals surface area (Å²) >= 11 is 5.66. The van der Waals surface area contributed by atoms with Gasteiger partial charge in [0.1, 0.15) is 17.3 Å². The van der Waals surface area contributed by atoms with Crippen LogP contribution in [0.2, 0.25) is 5.02 Å². The predicted molar refractivity (Wildman–Crippen MR) is 127 cm³/mol. The minimum atomic E-state index is -0.816. The number of nitrogens with one attached hydrogen (secondary N) is 2. The van der Waals surface area contributed by atoms with Gasteiger partial charge in [-0.05, 0) is 69.7 Å².